The molecule has 0 saturated carbocycles. The Balaban J connectivity index is 1.63. The summed E-state index contributed by atoms with van der Waals surface area (Å²) in [5.41, 5.74) is -1.49. The van der Waals surface area contributed by atoms with Crippen LogP contribution < -0.4 is 0 Å². The Bertz CT molecular complexity index is 1210. The van der Waals surface area contributed by atoms with Gasteiger partial charge < -0.3 is 28.0 Å². The maximum absolute atomic E-state index is 16.2. The first-order chi connectivity index (χ1) is 19.9. The highest BCUT2D eigenvalue weighted by atomic mass is 31.2. The second kappa shape index (κ2) is 15.1. The van der Waals surface area contributed by atoms with Gasteiger partial charge in [0.25, 0.3) is 0 Å². The summed E-state index contributed by atoms with van der Waals surface area (Å²) in [4.78, 5) is 0. The zero-order valence-corrected chi connectivity index (χ0v) is 24.2. The summed E-state index contributed by atoms with van der Waals surface area (Å²) in [6.45, 7) is 2.83. The van der Waals surface area contributed by atoms with E-state index in [-0.39, 0.29) is 39.6 Å². The van der Waals surface area contributed by atoms with Gasteiger partial charge in [-0.05, 0) is 30.5 Å². The molecule has 41 heavy (non-hydrogen) atoms. The van der Waals surface area contributed by atoms with Gasteiger partial charge in [0.1, 0.15) is 18.3 Å². The van der Waals surface area contributed by atoms with E-state index in [1.165, 1.54) is 13.8 Å². The largest absolute Gasteiger partial charge is 0.402 e. The number of halogens is 2. The van der Waals surface area contributed by atoms with Crippen molar-refractivity contribution in [3.63, 3.8) is 0 Å². The van der Waals surface area contributed by atoms with Crippen molar-refractivity contribution in [2.75, 3.05) is 19.8 Å². The number of hydrogen-bond donors (Lipinski definition) is 0. The Hall–Kier alpha value is -2.49. The summed E-state index contributed by atoms with van der Waals surface area (Å²) in [6.07, 6.45) is -5.22. The molecule has 0 aromatic heterocycles. The topological polar surface area (TPSA) is 72.5 Å². The van der Waals surface area contributed by atoms with E-state index in [9.17, 15) is 4.57 Å². The molecule has 1 saturated heterocycles. The molecule has 10 heteroatoms. The van der Waals surface area contributed by atoms with Gasteiger partial charge in [0.15, 0.2) is 6.10 Å². The summed E-state index contributed by atoms with van der Waals surface area (Å²) in [5.74, 6) is 0. The third-order valence-corrected chi connectivity index (χ3v) is 8.76. The summed E-state index contributed by atoms with van der Waals surface area (Å²) < 4.78 is 80.2. The second-order valence-electron chi connectivity index (χ2n) is 9.54. The quantitative estimate of drug-likeness (QED) is 0.166. The molecule has 0 bridgehead atoms. The van der Waals surface area contributed by atoms with E-state index in [0.717, 1.165) is 16.7 Å². The van der Waals surface area contributed by atoms with Crippen LogP contribution in [0, 0.1) is 0 Å². The van der Waals surface area contributed by atoms with E-state index in [4.69, 9.17) is 28.0 Å². The van der Waals surface area contributed by atoms with Gasteiger partial charge >= 0.3 is 13.3 Å². The van der Waals surface area contributed by atoms with Crippen LogP contribution in [0.5, 0.6) is 0 Å². The Morgan fingerprint density at radius 3 is 1.61 bits per heavy atom. The van der Waals surface area contributed by atoms with Crippen LogP contribution in [-0.2, 0) is 52.4 Å². The predicted octanol–water partition coefficient (Wildman–Crippen LogP) is 7.00. The summed E-state index contributed by atoms with van der Waals surface area (Å²) in [5, 5.41) is 0. The SMILES string of the molecule is CCOP(=O)(OCC)C(F)(F)[C@@H]1O[C@H](COCc2ccccc2)[C@@H](OCc2ccccc2)[C@@H]1OCc1ccccc1. The van der Waals surface area contributed by atoms with Crippen molar-refractivity contribution < 1.29 is 41.3 Å². The van der Waals surface area contributed by atoms with E-state index in [2.05, 4.69) is 0 Å². The Morgan fingerprint density at radius 1 is 0.707 bits per heavy atom. The molecule has 4 atom stereocenters. The van der Waals surface area contributed by atoms with Crippen LogP contribution in [0.4, 0.5) is 8.78 Å². The zero-order valence-electron chi connectivity index (χ0n) is 23.3. The van der Waals surface area contributed by atoms with Crippen molar-refractivity contribution in [2.45, 2.75) is 63.7 Å². The molecular weight excluding hydrogens is 553 g/mol. The summed E-state index contributed by atoms with van der Waals surface area (Å²) >= 11 is 0. The summed E-state index contributed by atoms with van der Waals surface area (Å²) in [6, 6.07) is 28.0. The van der Waals surface area contributed by atoms with E-state index >= 15 is 8.78 Å². The molecule has 4 rings (SSSR count). The lowest BCUT2D eigenvalue weighted by Crippen LogP contribution is -2.46. The Labute approximate surface area is 240 Å². The average Bonchev–Trinajstić information content (AvgIpc) is 3.34. The van der Waals surface area contributed by atoms with Gasteiger partial charge in [0.05, 0.1) is 39.6 Å². The Morgan fingerprint density at radius 2 is 1.15 bits per heavy atom. The number of hydrogen-bond acceptors (Lipinski definition) is 7. The van der Waals surface area contributed by atoms with Crippen LogP contribution in [0.2, 0.25) is 0 Å². The smallest absolute Gasteiger partial charge is 0.374 e. The van der Waals surface area contributed by atoms with Gasteiger partial charge in [-0.1, -0.05) is 91.0 Å². The van der Waals surface area contributed by atoms with E-state index in [1.54, 1.807) is 0 Å². The zero-order chi connectivity index (χ0) is 29.1. The van der Waals surface area contributed by atoms with Gasteiger partial charge in [-0.15, -0.1) is 0 Å². The highest BCUT2D eigenvalue weighted by molar-refractivity contribution is 7.55. The fraction of sp³-hybridized carbons (Fsp3) is 0.419. The predicted molar refractivity (Wildman–Crippen MR) is 151 cm³/mol. The minimum absolute atomic E-state index is 0.0117. The van der Waals surface area contributed by atoms with Gasteiger partial charge in [-0.3, -0.25) is 4.57 Å². The third-order valence-electron chi connectivity index (χ3n) is 6.58. The first kappa shape index (κ1) is 31.4. The second-order valence-corrected chi connectivity index (χ2v) is 11.6. The van der Waals surface area contributed by atoms with Gasteiger partial charge in [-0.2, -0.15) is 8.78 Å². The maximum atomic E-state index is 16.2. The number of ether oxygens (including phenoxy) is 4. The fourth-order valence-electron chi connectivity index (χ4n) is 4.63. The summed E-state index contributed by atoms with van der Waals surface area (Å²) in [7, 11) is -4.94. The highest BCUT2D eigenvalue weighted by Crippen LogP contribution is 2.65. The number of rotatable bonds is 16. The highest BCUT2D eigenvalue weighted by Gasteiger charge is 2.67. The first-order valence-electron chi connectivity index (χ1n) is 13.7. The van der Waals surface area contributed by atoms with Crippen LogP contribution >= 0.6 is 7.60 Å². The van der Waals surface area contributed by atoms with Crippen molar-refractivity contribution in [3.05, 3.63) is 108 Å². The van der Waals surface area contributed by atoms with Crippen molar-refractivity contribution in [1.82, 2.24) is 0 Å². The molecule has 0 amide bonds. The van der Waals surface area contributed by atoms with E-state index in [1.807, 2.05) is 91.0 Å². The lowest BCUT2D eigenvalue weighted by molar-refractivity contribution is -0.142. The molecule has 0 radical (unpaired) electrons. The minimum atomic E-state index is -4.94. The van der Waals surface area contributed by atoms with E-state index < -0.39 is 37.7 Å². The molecule has 1 heterocycles. The molecule has 0 N–H and O–H groups in total. The standard InChI is InChI=1S/C31H37F2O7P/c1-3-38-41(34,39-4-2)31(32,33)30-29(37-22-26-18-12-7-13-19-26)28(36-21-25-16-10-6-11-17-25)27(40-30)23-35-20-24-14-8-5-9-15-24/h5-19,27-30H,3-4,20-23H2,1-2H3/t27-,28-,29+,30-/m1/s1. The van der Waals surface area contributed by atoms with Crippen molar-refractivity contribution >= 4 is 7.60 Å². The maximum Gasteiger partial charge on any atom is 0.402 e. The number of alkyl halides is 2. The van der Waals surface area contributed by atoms with Gasteiger partial charge in [0.2, 0.25) is 0 Å². The lowest BCUT2D eigenvalue weighted by Gasteiger charge is -2.32. The molecule has 1 fully saturated rings. The lowest BCUT2D eigenvalue weighted by atomic mass is 10.1. The molecular formula is C31H37F2O7P. The van der Waals surface area contributed by atoms with Crippen molar-refractivity contribution in [1.29, 1.82) is 0 Å². The normalized spacial score (nSPS) is 21.3. The van der Waals surface area contributed by atoms with Crippen LogP contribution in [0.15, 0.2) is 91.0 Å². The molecule has 222 valence electrons. The fourth-order valence-corrected chi connectivity index (χ4v) is 6.25. The molecule has 7 nitrogen and oxygen atoms in total. The van der Waals surface area contributed by atoms with Crippen LogP contribution in [0.1, 0.15) is 30.5 Å². The molecule has 0 spiro atoms. The third kappa shape index (κ3) is 8.08. The van der Waals surface area contributed by atoms with Gasteiger partial charge in [0, 0.05) is 0 Å². The average molecular weight is 591 g/mol. The molecule has 3 aromatic rings. The monoisotopic (exact) mass is 590 g/mol. The first-order valence-corrected chi connectivity index (χ1v) is 15.3. The van der Waals surface area contributed by atoms with Gasteiger partial charge in [-0.25, -0.2) is 0 Å². The molecule has 0 aliphatic carbocycles. The van der Waals surface area contributed by atoms with Crippen LogP contribution in [-0.4, -0.2) is 49.9 Å². The van der Waals surface area contributed by atoms with Crippen molar-refractivity contribution in [3.8, 4) is 0 Å². The number of benzene rings is 3. The van der Waals surface area contributed by atoms with Crippen molar-refractivity contribution in [2.24, 2.45) is 0 Å². The minimum Gasteiger partial charge on any atom is -0.374 e. The molecule has 1 aliphatic rings. The van der Waals surface area contributed by atoms with Crippen LogP contribution in [0.25, 0.3) is 0 Å². The Kier molecular flexibility index (Phi) is 11.6. The molecule has 3 aromatic carbocycles. The van der Waals surface area contributed by atoms with Crippen LogP contribution in [0.3, 0.4) is 0 Å². The van der Waals surface area contributed by atoms with E-state index in [0.29, 0.717) is 0 Å². The molecule has 0 unspecified atom stereocenters. The molecule has 1 aliphatic heterocycles.